The molecular formula is C14H21N3O. The molecule has 2 aliphatic rings. The highest BCUT2D eigenvalue weighted by Crippen LogP contribution is 2.39. The molecule has 1 aromatic heterocycles. The molecule has 1 aliphatic heterocycles. The number of hydrogen-bond acceptors (Lipinski definition) is 2. The zero-order valence-corrected chi connectivity index (χ0v) is 10.7. The summed E-state index contributed by atoms with van der Waals surface area (Å²) in [5.41, 5.74) is 7.33. The van der Waals surface area contributed by atoms with Gasteiger partial charge in [-0.3, -0.25) is 4.79 Å². The molecule has 2 N–H and O–H groups in total. The van der Waals surface area contributed by atoms with Gasteiger partial charge in [0.25, 0.3) is 0 Å². The topological polar surface area (TPSA) is 51.3 Å². The second-order valence-electron chi connectivity index (χ2n) is 5.57. The molecule has 4 heteroatoms. The number of carbonyl (C=O) groups is 1. The molecule has 1 saturated carbocycles. The number of amides is 1. The maximum Gasteiger partial charge on any atom is 0.242 e. The summed E-state index contributed by atoms with van der Waals surface area (Å²) >= 11 is 0. The van der Waals surface area contributed by atoms with Gasteiger partial charge >= 0.3 is 0 Å². The fourth-order valence-corrected chi connectivity index (χ4v) is 2.71. The second-order valence-corrected chi connectivity index (χ2v) is 5.57. The minimum absolute atomic E-state index is 0.160. The number of rotatable bonds is 4. The van der Waals surface area contributed by atoms with Crippen LogP contribution in [0.25, 0.3) is 0 Å². The SMILES string of the molecule is NC(c1ccn(CC(=O)N2CCCC2)c1)C1CC1. The van der Waals surface area contributed by atoms with Crippen LogP contribution in [0.2, 0.25) is 0 Å². The summed E-state index contributed by atoms with van der Waals surface area (Å²) in [6.07, 6.45) is 8.81. The van der Waals surface area contributed by atoms with Crippen molar-refractivity contribution in [2.75, 3.05) is 13.1 Å². The van der Waals surface area contributed by atoms with E-state index in [0.29, 0.717) is 12.5 Å². The summed E-state index contributed by atoms with van der Waals surface area (Å²) in [6, 6.07) is 2.22. The zero-order chi connectivity index (χ0) is 12.5. The van der Waals surface area contributed by atoms with Crippen LogP contribution in [0.4, 0.5) is 0 Å². The lowest BCUT2D eigenvalue weighted by Crippen LogP contribution is -2.30. The van der Waals surface area contributed by atoms with Crippen LogP contribution in [-0.2, 0) is 11.3 Å². The van der Waals surface area contributed by atoms with Gasteiger partial charge in [0.05, 0.1) is 0 Å². The second kappa shape index (κ2) is 4.76. The number of nitrogens with zero attached hydrogens (tertiary/aromatic N) is 2. The standard InChI is InChI=1S/C14H21N3O/c15-14(11-3-4-11)12-5-8-16(9-12)10-13(18)17-6-1-2-7-17/h5,8-9,11,14H,1-4,6-7,10,15H2. The van der Waals surface area contributed by atoms with E-state index in [2.05, 4.69) is 6.07 Å². The summed E-state index contributed by atoms with van der Waals surface area (Å²) in [4.78, 5) is 14.0. The van der Waals surface area contributed by atoms with E-state index in [4.69, 9.17) is 5.73 Å². The Bertz CT molecular complexity index is 430. The lowest BCUT2D eigenvalue weighted by Gasteiger charge is -2.15. The van der Waals surface area contributed by atoms with Gasteiger partial charge in [0.1, 0.15) is 6.54 Å². The highest BCUT2D eigenvalue weighted by atomic mass is 16.2. The zero-order valence-electron chi connectivity index (χ0n) is 10.7. The summed E-state index contributed by atoms with van der Waals surface area (Å²) in [5.74, 6) is 0.893. The number of hydrogen-bond donors (Lipinski definition) is 1. The van der Waals surface area contributed by atoms with Crippen molar-refractivity contribution in [1.29, 1.82) is 0 Å². The predicted molar refractivity (Wildman–Crippen MR) is 69.9 cm³/mol. The Morgan fingerprint density at radius 2 is 2.11 bits per heavy atom. The van der Waals surface area contributed by atoms with Crippen molar-refractivity contribution in [3.63, 3.8) is 0 Å². The van der Waals surface area contributed by atoms with E-state index < -0.39 is 0 Å². The first-order valence-electron chi connectivity index (χ1n) is 6.93. The van der Waals surface area contributed by atoms with Crippen LogP contribution in [0.1, 0.15) is 37.3 Å². The van der Waals surface area contributed by atoms with Crippen LogP contribution < -0.4 is 5.73 Å². The molecule has 18 heavy (non-hydrogen) atoms. The van der Waals surface area contributed by atoms with Crippen molar-refractivity contribution in [3.05, 3.63) is 24.0 Å². The Hall–Kier alpha value is -1.29. The van der Waals surface area contributed by atoms with Crippen LogP contribution in [0.15, 0.2) is 18.5 Å². The van der Waals surface area contributed by atoms with Gasteiger partial charge in [-0.05, 0) is 43.2 Å². The molecule has 0 aromatic carbocycles. The molecule has 4 nitrogen and oxygen atoms in total. The summed E-state index contributed by atoms with van der Waals surface area (Å²) in [5, 5.41) is 0. The number of carbonyl (C=O) groups excluding carboxylic acids is 1. The van der Waals surface area contributed by atoms with Crippen LogP contribution in [0.5, 0.6) is 0 Å². The van der Waals surface area contributed by atoms with Gasteiger partial charge in [-0.15, -0.1) is 0 Å². The Labute approximate surface area is 108 Å². The number of aromatic nitrogens is 1. The van der Waals surface area contributed by atoms with Crippen LogP contribution in [-0.4, -0.2) is 28.5 Å². The van der Waals surface area contributed by atoms with Crippen LogP contribution in [0, 0.1) is 5.92 Å². The molecule has 1 aliphatic carbocycles. The average Bonchev–Trinajstić information content (AvgIpc) is 2.90. The van der Waals surface area contributed by atoms with E-state index in [0.717, 1.165) is 25.9 Å². The molecular weight excluding hydrogens is 226 g/mol. The van der Waals surface area contributed by atoms with Crippen molar-refractivity contribution in [2.24, 2.45) is 11.7 Å². The Morgan fingerprint density at radius 1 is 1.39 bits per heavy atom. The minimum atomic E-state index is 0.160. The molecule has 1 atom stereocenters. The third-order valence-electron chi connectivity index (χ3n) is 4.06. The Morgan fingerprint density at radius 3 is 2.78 bits per heavy atom. The van der Waals surface area contributed by atoms with Crippen molar-refractivity contribution < 1.29 is 4.79 Å². The first kappa shape index (κ1) is 11.8. The molecule has 1 amide bonds. The first-order valence-corrected chi connectivity index (χ1v) is 6.93. The van der Waals surface area contributed by atoms with E-state index in [1.54, 1.807) is 0 Å². The largest absolute Gasteiger partial charge is 0.345 e. The fraction of sp³-hybridized carbons (Fsp3) is 0.643. The normalized spacial score (nSPS) is 21.3. The maximum absolute atomic E-state index is 12.0. The van der Waals surface area contributed by atoms with E-state index in [1.165, 1.54) is 18.4 Å². The lowest BCUT2D eigenvalue weighted by molar-refractivity contribution is -0.130. The van der Waals surface area contributed by atoms with Crippen molar-refractivity contribution in [3.8, 4) is 0 Å². The van der Waals surface area contributed by atoms with Gasteiger partial charge in [0.2, 0.25) is 5.91 Å². The molecule has 0 radical (unpaired) electrons. The van der Waals surface area contributed by atoms with Gasteiger partial charge in [0.15, 0.2) is 0 Å². The molecule has 1 unspecified atom stereocenters. The van der Waals surface area contributed by atoms with Gasteiger partial charge < -0.3 is 15.2 Å². The quantitative estimate of drug-likeness (QED) is 0.877. The molecule has 0 spiro atoms. The Balaban J connectivity index is 1.60. The summed E-state index contributed by atoms with van der Waals surface area (Å²) in [7, 11) is 0. The van der Waals surface area contributed by atoms with Gasteiger partial charge in [-0.1, -0.05) is 0 Å². The molecule has 2 fully saturated rings. The van der Waals surface area contributed by atoms with Gasteiger partial charge in [0, 0.05) is 31.5 Å². The first-order chi connectivity index (χ1) is 8.74. The van der Waals surface area contributed by atoms with Crippen LogP contribution >= 0.6 is 0 Å². The highest BCUT2D eigenvalue weighted by Gasteiger charge is 2.30. The molecule has 98 valence electrons. The Kier molecular flexibility index (Phi) is 3.12. The van der Waals surface area contributed by atoms with Gasteiger partial charge in [-0.2, -0.15) is 0 Å². The van der Waals surface area contributed by atoms with E-state index in [9.17, 15) is 4.79 Å². The molecule has 2 heterocycles. The van der Waals surface area contributed by atoms with Gasteiger partial charge in [-0.25, -0.2) is 0 Å². The van der Waals surface area contributed by atoms with Crippen molar-refractivity contribution >= 4 is 5.91 Å². The minimum Gasteiger partial charge on any atom is -0.345 e. The molecule has 1 saturated heterocycles. The van der Waals surface area contributed by atoms with Crippen molar-refractivity contribution in [2.45, 2.75) is 38.3 Å². The highest BCUT2D eigenvalue weighted by molar-refractivity contribution is 5.76. The monoisotopic (exact) mass is 247 g/mol. The van der Waals surface area contributed by atoms with Crippen molar-refractivity contribution in [1.82, 2.24) is 9.47 Å². The summed E-state index contributed by atoms with van der Waals surface area (Å²) in [6.45, 7) is 2.31. The third-order valence-corrected chi connectivity index (χ3v) is 4.06. The third kappa shape index (κ3) is 2.43. The summed E-state index contributed by atoms with van der Waals surface area (Å²) < 4.78 is 1.97. The molecule has 0 bridgehead atoms. The smallest absolute Gasteiger partial charge is 0.242 e. The predicted octanol–water partition coefficient (Wildman–Crippen LogP) is 1.52. The van der Waals surface area contributed by atoms with E-state index >= 15 is 0 Å². The molecule has 1 aromatic rings. The fourth-order valence-electron chi connectivity index (χ4n) is 2.71. The number of nitrogens with two attached hydrogens (primary N) is 1. The lowest BCUT2D eigenvalue weighted by atomic mass is 10.1. The average molecular weight is 247 g/mol. The maximum atomic E-state index is 12.0. The van der Waals surface area contributed by atoms with E-state index in [1.807, 2.05) is 21.9 Å². The van der Waals surface area contributed by atoms with Crippen LogP contribution in [0.3, 0.4) is 0 Å². The van der Waals surface area contributed by atoms with E-state index in [-0.39, 0.29) is 11.9 Å². The molecule has 3 rings (SSSR count). The number of likely N-dealkylation sites (tertiary alicyclic amines) is 1.